The highest BCUT2D eigenvalue weighted by Crippen LogP contribution is 2.24. The highest BCUT2D eigenvalue weighted by molar-refractivity contribution is 5.86. The van der Waals surface area contributed by atoms with Crippen molar-refractivity contribution in [3.05, 3.63) is 0 Å². The number of rotatable bonds is 4. The van der Waals surface area contributed by atoms with Crippen LogP contribution in [0.1, 0.15) is 39.5 Å². The van der Waals surface area contributed by atoms with E-state index < -0.39 is 12.0 Å². The van der Waals surface area contributed by atoms with Gasteiger partial charge in [0.15, 0.2) is 0 Å². The van der Waals surface area contributed by atoms with Crippen molar-refractivity contribution in [3.8, 4) is 0 Å². The molecule has 0 saturated heterocycles. The largest absolute Gasteiger partial charge is 0.480 e. The zero-order valence-electron chi connectivity index (χ0n) is 10.2. The van der Waals surface area contributed by atoms with E-state index in [4.69, 9.17) is 5.11 Å². The summed E-state index contributed by atoms with van der Waals surface area (Å²) in [5, 5.41) is 11.6. The Morgan fingerprint density at radius 3 is 2.53 bits per heavy atom. The Morgan fingerprint density at radius 1 is 1.41 bits per heavy atom. The summed E-state index contributed by atoms with van der Waals surface area (Å²) in [5.41, 5.74) is 0. The molecule has 0 radical (unpaired) electrons. The molecule has 0 aromatic heterocycles. The van der Waals surface area contributed by atoms with E-state index in [0.29, 0.717) is 19.3 Å². The Balaban J connectivity index is 2.68. The summed E-state index contributed by atoms with van der Waals surface area (Å²) in [6.45, 7) is 3.42. The van der Waals surface area contributed by atoms with Crippen molar-refractivity contribution in [2.24, 2.45) is 11.8 Å². The molecule has 96 valence electrons. The standard InChI is InChI=1S/C12H19NO4/c1-7(2)11(15)13-10(12(16)17)8-4-3-5-9(14)6-8/h7-8,10H,3-6H2,1-2H3,(H,13,15)(H,16,17)/t8-,10-/m0/s1. The molecule has 0 aromatic rings. The third-order valence-corrected chi connectivity index (χ3v) is 3.08. The van der Waals surface area contributed by atoms with Crippen LogP contribution >= 0.6 is 0 Å². The van der Waals surface area contributed by atoms with Crippen molar-refractivity contribution < 1.29 is 19.5 Å². The van der Waals surface area contributed by atoms with Crippen molar-refractivity contribution in [2.45, 2.75) is 45.6 Å². The van der Waals surface area contributed by atoms with Gasteiger partial charge in [0, 0.05) is 18.8 Å². The second kappa shape index (κ2) is 5.80. The van der Waals surface area contributed by atoms with Gasteiger partial charge in [0.05, 0.1) is 0 Å². The molecule has 5 heteroatoms. The van der Waals surface area contributed by atoms with E-state index in [1.807, 2.05) is 0 Å². The molecule has 0 aliphatic heterocycles. The first-order valence-corrected chi connectivity index (χ1v) is 5.96. The molecule has 1 aliphatic carbocycles. The predicted octanol–water partition coefficient (Wildman–Crippen LogP) is 0.971. The molecule has 17 heavy (non-hydrogen) atoms. The summed E-state index contributed by atoms with van der Waals surface area (Å²) in [4.78, 5) is 34.0. The van der Waals surface area contributed by atoms with Crippen molar-refractivity contribution in [1.29, 1.82) is 0 Å². The highest BCUT2D eigenvalue weighted by atomic mass is 16.4. The molecule has 0 unspecified atom stereocenters. The molecule has 0 heterocycles. The first-order valence-electron chi connectivity index (χ1n) is 5.96. The lowest BCUT2D eigenvalue weighted by atomic mass is 9.83. The van der Waals surface area contributed by atoms with E-state index in [1.165, 1.54) is 0 Å². The van der Waals surface area contributed by atoms with Gasteiger partial charge in [0.2, 0.25) is 5.91 Å². The number of Topliss-reactive ketones (excluding diaryl/α,β-unsaturated/α-hetero) is 1. The second-order valence-corrected chi connectivity index (χ2v) is 4.87. The molecule has 1 aliphatic rings. The quantitative estimate of drug-likeness (QED) is 0.768. The molecule has 0 aromatic carbocycles. The van der Waals surface area contributed by atoms with Crippen molar-refractivity contribution >= 4 is 17.7 Å². The Kier molecular flexibility index (Phi) is 4.66. The molecule has 0 spiro atoms. The average Bonchev–Trinajstić information content (AvgIpc) is 2.24. The van der Waals surface area contributed by atoms with Gasteiger partial charge in [-0.15, -0.1) is 0 Å². The van der Waals surface area contributed by atoms with E-state index in [2.05, 4.69) is 5.32 Å². The third-order valence-electron chi connectivity index (χ3n) is 3.08. The summed E-state index contributed by atoms with van der Waals surface area (Å²) in [5.74, 6) is -1.77. The number of hydrogen-bond donors (Lipinski definition) is 2. The summed E-state index contributed by atoms with van der Waals surface area (Å²) in [6, 6.07) is -0.936. The molecule has 2 N–H and O–H groups in total. The third kappa shape index (κ3) is 3.84. The lowest BCUT2D eigenvalue weighted by Gasteiger charge is -2.27. The van der Waals surface area contributed by atoms with Crippen LogP contribution in [-0.2, 0) is 14.4 Å². The van der Waals surface area contributed by atoms with Crippen LogP contribution < -0.4 is 5.32 Å². The number of carbonyl (C=O) groups is 3. The van der Waals surface area contributed by atoms with Crippen LogP contribution in [0.3, 0.4) is 0 Å². The summed E-state index contributed by atoms with van der Waals surface area (Å²) >= 11 is 0. The van der Waals surface area contributed by atoms with Crippen molar-refractivity contribution in [1.82, 2.24) is 5.32 Å². The van der Waals surface area contributed by atoms with E-state index in [1.54, 1.807) is 13.8 Å². The maximum absolute atomic E-state index is 11.5. The maximum atomic E-state index is 11.5. The van der Waals surface area contributed by atoms with Crippen LogP contribution in [-0.4, -0.2) is 28.8 Å². The fourth-order valence-corrected chi connectivity index (χ4v) is 2.04. The minimum Gasteiger partial charge on any atom is -0.480 e. The van der Waals surface area contributed by atoms with Gasteiger partial charge in [-0.2, -0.15) is 0 Å². The van der Waals surface area contributed by atoms with Gasteiger partial charge in [-0.3, -0.25) is 9.59 Å². The Labute approximate surface area is 101 Å². The lowest BCUT2D eigenvalue weighted by molar-refractivity contribution is -0.144. The molecular weight excluding hydrogens is 222 g/mol. The van der Waals surface area contributed by atoms with E-state index in [0.717, 1.165) is 0 Å². The van der Waals surface area contributed by atoms with Crippen LogP contribution in [0.4, 0.5) is 0 Å². The SMILES string of the molecule is CC(C)C(=O)N[C@H](C(=O)O)[C@H]1CCCC(=O)C1. The number of aliphatic carboxylic acids is 1. The fraction of sp³-hybridized carbons (Fsp3) is 0.750. The molecule has 1 fully saturated rings. The maximum Gasteiger partial charge on any atom is 0.326 e. The van der Waals surface area contributed by atoms with Gasteiger partial charge < -0.3 is 10.4 Å². The van der Waals surface area contributed by atoms with Gasteiger partial charge in [-0.25, -0.2) is 4.79 Å². The molecular formula is C12H19NO4. The zero-order valence-corrected chi connectivity index (χ0v) is 10.2. The zero-order chi connectivity index (χ0) is 13.0. The average molecular weight is 241 g/mol. The number of ketones is 1. The van der Waals surface area contributed by atoms with Crippen molar-refractivity contribution in [2.75, 3.05) is 0 Å². The Bertz CT molecular complexity index is 324. The van der Waals surface area contributed by atoms with Crippen LogP contribution in [0.5, 0.6) is 0 Å². The molecule has 1 saturated carbocycles. The second-order valence-electron chi connectivity index (χ2n) is 4.87. The molecule has 5 nitrogen and oxygen atoms in total. The van der Waals surface area contributed by atoms with Crippen LogP contribution in [0.25, 0.3) is 0 Å². The molecule has 2 atom stereocenters. The fourth-order valence-electron chi connectivity index (χ4n) is 2.04. The number of amides is 1. The number of carbonyl (C=O) groups excluding carboxylic acids is 2. The molecule has 1 amide bonds. The van der Waals surface area contributed by atoms with E-state index >= 15 is 0 Å². The Morgan fingerprint density at radius 2 is 2.06 bits per heavy atom. The first-order chi connectivity index (χ1) is 7.91. The van der Waals surface area contributed by atoms with Gasteiger partial charge in [0.1, 0.15) is 11.8 Å². The van der Waals surface area contributed by atoms with Crippen molar-refractivity contribution in [3.63, 3.8) is 0 Å². The smallest absolute Gasteiger partial charge is 0.326 e. The van der Waals surface area contributed by atoms with Gasteiger partial charge in [-0.1, -0.05) is 13.8 Å². The van der Waals surface area contributed by atoms with Crippen LogP contribution in [0, 0.1) is 11.8 Å². The van der Waals surface area contributed by atoms with Crippen LogP contribution in [0.2, 0.25) is 0 Å². The minimum atomic E-state index is -1.06. The first kappa shape index (κ1) is 13.7. The number of carboxylic acid groups (broad SMARTS) is 1. The normalized spacial score (nSPS) is 22.3. The predicted molar refractivity (Wildman–Crippen MR) is 61.4 cm³/mol. The minimum absolute atomic E-state index is 0.0892. The van der Waals surface area contributed by atoms with Gasteiger partial charge >= 0.3 is 5.97 Å². The monoisotopic (exact) mass is 241 g/mol. The number of hydrogen-bond acceptors (Lipinski definition) is 3. The summed E-state index contributed by atoms with van der Waals surface area (Å²) in [7, 11) is 0. The lowest BCUT2D eigenvalue weighted by Crippen LogP contribution is -2.48. The summed E-state index contributed by atoms with van der Waals surface area (Å²) < 4.78 is 0. The molecule has 1 rings (SSSR count). The van der Waals surface area contributed by atoms with Gasteiger partial charge in [0.25, 0.3) is 0 Å². The Hall–Kier alpha value is -1.39. The van der Waals surface area contributed by atoms with E-state index in [-0.39, 0.29) is 29.9 Å². The topological polar surface area (TPSA) is 83.5 Å². The van der Waals surface area contributed by atoms with E-state index in [9.17, 15) is 14.4 Å². The number of carboxylic acids is 1. The number of nitrogens with one attached hydrogen (secondary N) is 1. The molecule has 0 bridgehead atoms. The summed E-state index contributed by atoms with van der Waals surface area (Å²) in [6.07, 6.45) is 2.18. The van der Waals surface area contributed by atoms with Crippen LogP contribution in [0.15, 0.2) is 0 Å². The highest BCUT2D eigenvalue weighted by Gasteiger charge is 2.33. The van der Waals surface area contributed by atoms with Gasteiger partial charge in [-0.05, 0) is 18.8 Å².